The number of likely N-dealkylation sites (N-methyl/N-ethyl adjacent to an activating group) is 1. The standard InChI is InChI=1S/C36H42Cl2N6O5S/c1-4-49-31-16-15-29(50(47,48)43-17-5-6-18-43)23-30(31)35-39-33(25-7-11-27(37)12-8-25)34(26-9-13-28(38)14-10-26)44(35)36(46)42-21-19-41(20-22-42)24-32(45)40(2)3/h7-16,23,33-34H,4-6,17-22,24H2,1-3H3. The molecule has 3 aromatic rings. The van der Waals surface area contributed by atoms with Gasteiger partial charge in [-0.25, -0.2) is 13.2 Å². The van der Waals surface area contributed by atoms with Gasteiger partial charge in [0.15, 0.2) is 0 Å². The molecule has 3 aliphatic rings. The number of halogens is 2. The SMILES string of the molecule is CCOc1ccc(S(=O)(=O)N2CCCC2)cc1C1=NC(c2ccc(Cl)cc2)C(c2ccc(Cl)cc2)N1C(=O)N1CCN(CC(=O)N(C)C)CC1. The summed E-state index contributed by atoms with van der Waals surface area (Å²) in [7, 11) is -0.344. The maximum Gasteiger partial charge on any atom is 0.326 e. The van der Waals surface area contributed by atoms with Gasteiger partial charge >= 0.3 is 6.03 Å². The van der Waals surface area contributed by atoms with E-state index in [2.05, 4.69) is 0 Å². The molecule has 0 aromatic heterocycles. The van der Waals surface area contributed by atoms with E-state index in [0.29, 0.717) is 73.1 Å². The Morgan fingerprint density at radius 1 is 0.860 bits per heavy atom. The van der Waals surface area contributed by atoms with Gasteiger partial charge in [-0.3, -0.25) is 19.6 Å². The van der Waals surface area contributed by atoms with E-state index in [4.69, 9.17) is 32.9 Å². The van der Waals surface area contributed by atoms with Crippen molar-refractivity contribution < 1.29 is 22.7 Å². The third-order valence-electron chi connectivity index (χ3n) is 9.39. The molecule has 2 fully saturated rings. The number of sulfonamides is 1. The smallest absolute Gasteiger partial charge is 0.326 e. The van der Waals surface area contributed by atoms with Crippen LogP contribution in [0.4, 0.5) is 4.79 Å². The Balaban J connectivity index is 1.47. The molecule has 2 unspecified atom stereocenters. The fourth-order valence-electron chi connectivity index (χ4n) is 6.64. The van der Waals surface area contributed by atoms with E-state index in [1.165, 1.54) is 4.31 Å². The number of hydrogen-bond acceptors (Lipinski definition) is 7. The van der Waals surface area contributed by atoms with Crippen LogP contribution in [0.1, 0.15) is 48.5 Å². The maximum atomic E-state index is 14.9. The third kappa shape index (κ3) is 7.50. The largest absolute Gasteiger partial charge is 0.493 e. The van der Waals surface area contributed by atoms with Gasteiger partial charge in [0.25, 0.3) is 0 Å². The molecule has 14 heteroatoms. The number of urea groups is 1. The van der Waals surface area contributed by atoms with Crippen molar-refractivity contribution in [1.29, 1.82) is 0 Å². The minimum absolute atomic E-state index is 0.000402. The number of aliphatic imine (C=N–C) groups is 1. The number of benzene rings is 3. The molecule has 2 saturated heterocycles. The second-order valence-electron chi connectivity index (χ2n) is 12.9. The van der Waals surface area contributed by atoms with E-state index in [1.54, 1.807) is 71.3 Å². The lowest BCUT2D eigenvalue weighted by Gasteiger charge is -2.39. The van der Waals surface area contributed by atoms with Crippen LogP contribution in [-0.2, 0) is 14.8 Å². The van der Waals surface area contributed by atoms with E-state index in [1.807, 2.05) is 36.1 Å². The number of rotatable bonds is 9. The average Bonchev–Trinajstić information content (AvgIpc) is 3.79. The second kappa shape index (κ2) is 15.3. The first-order valence-corrected chi connectivity index (χ1v) is 19.0. The number of carbonyl (C=O) groups is 2. The first-order chi connectivity index (χ1) is 24.0. The van der Waals surface area contributed by atoms with Gasteiger partial charge in [0.1, 0.15) is 17.6 Å². The zero-order valence-electron chi connectivity index (χ0n) is 28.5. The van der Waals surface area contributed by atoms with Crippen LogP contribution in [0.25, 0.3) is 0 Å². The molecule has 266 valence electrons. The first kappa shape index (κ1) is 36.1. The Kier molecular flexibility index (Phi) is 11.0. The third-order valence-corrected chi connectivity index (χ3v) is 11.8. The number of hydrogen-bond donors (Lipinski definition) is 0. The summed E-state index contributed by atoms with van der Waals surface area (Å²) >= 11 is 12.6. The lowest BCUT2D eigenvalue weighted by atomic mass is 9.93. The van der Waals surface area contributed by atoms with Crippen LogP contribution in [-0.4, -0.2) is 117 Å². The van der Waals surface area contributed by atoms with Crippen LogP contribution in [0.5, 0.6) is 5.75 Å². The van der Waals surface area contributed by atoms with E-state index in [0.717, 1.165) is 24.0 Å². The molecule has 50 heavy (non-hydrogen) atoms. The lowest BCUT2D eigenvalue weighted by Crippen LogP contribution is -2.55. The van der Waals surface area contributed by atoms with Gasteiger partial charge < -0.3 is 14.5 Å². The molecule has 0 bridgehead atoms. The summed E-state index contributed by atoms with van der Waals surface area (Å²) in [5.74, 6) is 0.727. The van der Waals surface area contributed by atoms with Crippen molar-refractivity contribution in [3.05, 3.63) is 93.5 Å². The molecule has 0 saturated carbocycles. The number of piperazine rings is 1. The van der Waals surface area contributed by atoms with Crippen molar-refractivity contribution in [2.24, 2.45) is 4.99 Å². The van der Waals surface area contributed by atoms with E-state index in [9.17, 15) is 18.0 Å². The van der Waals surface area contributed by atoms with Gasteiger partial charge in [0, 0.05) is 63.4 Å². The summed E-state index contributed by atoms with van der Waals surface area (Å²) in [4.78, 5) is 39.8. The van der Waals surface area contributed by atoms with Crippen LogP contribution < -0.4 is 4.74 Å². The Morgan fingerprint density at radius 3 is 2.04 bits per heavy atom. The monoisotopic (exact) mass is 740 g/mol. The molecule has 2 atom stereocenters. The highest BCUT2D eigenvalue weighted by atomic mass is 35.5. The molecule has 3 heterocycles. The van der Waals surface area contributed by atoms with Gasteiger partial charge in [-0.05, 0) is 73.4 Å². The zero-order valence-corrected chi connectivity index (χ0v) is 30.8. The Bertz CT molecular complexity index is 1840. The Hall–Kier alpha value is -3.68. The van der Waals surface area contributed by atoms with Gasteiger partial charge in [-0.15, -0.1) is 0 Å². The molecule has 0 aliphatic carbocycles. The summed E-state index contributed by atoms with van der Waals surface area (Å²) in [5, 5.41) is 1.12. The number of amides is 3. The molecule has 3 amide bonds. The Morgan fingerprint density at radius 2 is 1.46 bits per heavy atom. The predicted molar refractivity (Wildman–Crippen MR) is 194 cm³/mol. The molecule has 0 N–H and O–H groups in total. The quantitative estimate of drug-likeness (QED) is 0.285. The van der Waals surface area contributed by atoms with Crippen molar-refractivity contribution in [2.45, 2.75) is 36.7 Å². The van der Waals surface area contributed by atoms with Crippen LogP contribution >= 0.6 is 23.2 Å². The molecule has 0 spiro atoms. The van der Waals surface area contributed by atoms with Crippen LogP contribution in [0.15, 0.2) is 76.6 Å². The zero-order chi connectivity index (χ0) is 35.6. The van der Waals surface area contributed by atoms with Gasteiger partial charge in [0.2, 0.25) is 15.9 Å². The number of amidine groups is 1. The maximum absolute atomic E-state index is 14.9. The van der Waals surface area contributed by atoms with Crippen molar-refractivity contribution in [3.63, 3.8) is 0 Å². The number of ether oxygens (including phenoxy) is 1. The van der Waals surface area contributed by atoms with Crippen molar-refractivity contribution in [3.8, 4) is 5.75 Å². The normalized spacial score (nSPS) is 20.2. The fraction of sp³-hybridized carbons (Fsp3) is 0.417. The minimum Gasteiger partial charge on any atom is -0.493 e. The molecular weight excluding hydrogens is 699 g/mol. The fourth-order valence-corrected chi connectivity index (χ4v) is 8.44. The molecule has 6 rings (SSSR count). The number of nitrogens with zero attached hydrogens (tertiary/aromatic N) is 6. The predicted octanol–water partition coefficient (Wildman–Crippen LogP) is 5.55. The van der Waals surface area contributed by atoms with Crippen molar-refractivity contribution in [1.82, 2.24) is 23.9 Å². The van der Waals surface area contributed by atoms with Crippen LogP contribution in [0, 0.1) is 0 Å². The first-order valence-electron chi connectivity index (χ1n) is 16.8. The highest BCUT2D eigenvalue weighted by molar-refractivity contribution is 7.89. The molecule has 3 aromatic carbocycles. The summed E-state index contributed by atoms with van der Waals surface area (Å²) in [5.41, 5.74) is 2.04. The molecule has 11 nitrogen and oxygen atoms in total. The topological polar surface area (TPSA) is 106 Å². The van der Waals surface area contributed by atoms with Crippen molar-refractivity contribution >= 4 is 51.0 Å². The highest BCUT2D eigenvalue weighted by Gasteiger charge is 2.45. The lowest BCUT2D eigenvalue weighted by molar-refractivity contribution is -0.130. The minimum atomic E-state index is -3.80. The highest BCUT2D eigenvalue weighted by Crippen LogP contribution is 2.46. The second-order valence-corrected chi connectivity index (χ2v) is 15.7. The van der Waals surface area contributed by atoms with Gasteiger partial charge in [0.05, 0.1) is 29.7 Å². The average molecular weight is 742 g/mol. The summed E-state index contributed by atoms with van der Waals surface area (Å²) in [6.45, 7) is 5.19. The summed E-state index contributed by atoms with van der Waals surface area (Å²) in [6, 6.07) is 18.0. The Labute approximate surface area is 304 Å². The van der Waals surface area contributed by atoms with Gasteiger partial charge in [-0.2, -0.15) is 4.31 Å². The van der Waals surface area contributed by atoms with Crippen LogP contribution in [0.2, 0.25) is 10.0 Å². The van der Waals surface area contributed by atoms with Crippen LogP contribution in [0.3, 0.4) is 0 Å². The van der Waals surface area contributed by atoms with E-state index in [-0.39, 0.29) is 23.4 Å². The van der Waals surface area contributed by atoms with Crippen molar-refractivity contribution in [2.75, 3.05) is 66.5 Å². The van der Waals surface area contributed by atoms with E-state index < -0.39 is 22.1 Å². The summed E-state index contributed by atoms with van der Waals surface area (Å²) in [6.07, 6.45) is 1.61. The summed E-state index contributed by atoms with van der Waals surface area (Å²) < 4.78 is 35.2. The van der Waals surface area contributed by atoms with E-state index >= 15 is 0 Å². The van der Waals surface area contributed by atoms with Gasteiger partial charge in [-0.1, -0.05) is 47.5 Å². The molecule has 3 aliphatic heterocycles. The molecular formula is C36H42Cl2N6O5S. The number of carbonyl (C=O) groups excluding carboxylic acids is 2. The molecule has 0 radical (unpaired) electrons.